The van der Waals surface area contributed by atoms with Crippen molar-refractivity contribution in [1.29, 1.82) is 0 Å². The van der Waals surface area contributed by atoms with Gasteiger partial charge in [-0.1, -0.05) is 19.0 Å². The predicted molar refractivity (Wildman–Crippen MR) is 133 cm³/mol. The van der Waals surface area contributed by atoms with Crippen molar-refractivity contribution >= 4 is 5.97 Å². The minimum Gasteiger partial charge on any atom is -0.481 e. The Balaban J connectivity index is 1.57. The molecule has 0 bridgehead atoms. The zero-order valence-electron chi connectivity index (χ0n) is 22.1. The number of ether oxygens (including phenoxy) is 2. The first-order valence-corrected chi connectivity index (χ1v) is 12.3. The Bertz CT molecular complexity index is 1220. The molecule has 188 valence electrons. The normalized spacial score (nSPS) is 15.1. The van der Waals surface area contributed by atoms with Gasteiger partial charge in [0.05, 0.1) is 0 Å². The van der Waals surface area contributed by atoms with E-state index in [0.29, 0.717) is 17.5 Å². The third kappa shape index (κ3) is 5.41. The van der Waals surface area contributed by atoms with Crippen LogP contribution in [0.4, 0.5) is 0 Å². The van der Waals surface area contributed by atoms with Crippen LogP contribution in [0.25, 0.3) is 23.0 Å². The first-order valence-electron chi connectivity index (χ1n) is 12.3. The van der Waals surface area contributed by atoms with E-state index in [1.807, 2.05) is 46.8 Å². The molecule has 0 N–H and O–H groups in total. The number of hydrogen-bond acceptors (Lipinski definition) is 7. The van der Waals surface area contributed by atoms with Crippen molar-refractivity contribution in [1.82, 2.24) is 19.9 Å². The topological polar surface area (TPSA) is 92.3 Å². The summed E-state index contributed by atoms with van der Waals surface area (Å²) in [5.74, 6) is 1.20. The van der Waals surface area contributed by atoms with Crippen molar-refractivity contribution in [3.8, 4) is 28.7 Å². The molecule has 2 aromatic heterocycles. The second-order valence-electron chi connectivity index (χ2n) is 11.2. The van der Waals surface area contributed by atoms with E-state index in [1.54, 1.807) is 0 Å². The van der Waals surface area contributed by atoms with E-state index in [0.717, 1.165) is 48.2 Å². The molecule has 8 nitrogen and oxygen atoms in total. The number of hydrogen-bond donors (Lipinski definition) is 0. The largest absolute Gasteiger partial charge is 0.481 e. The van der Waals surface area contributed by atoms with E-state index < -0.39 is 11.6 Å². The lowest BCUT2D eigenvalue weighted by atomic mass is 9.76. The number of rotatable bonds is 6. The zero-order valence-corrected chi connectivity index (χ0v) is 22.1. The fourth-order valence-electron chi connectivity index (χ4n) is 4.68. The molecule has 3 aromatic rings. The lowest BCUT2D eigenvalue weighted by Gasteiger charge is -2.30. The van der Waals surface area contributed by atoms with Crippen molar-refractivity contribution < 1.29 is 18.8 Å². The molecule has 0 unspecified atom stereocenters. The quantitative estimate of drug-likeness (QED) is 0.432. The molecule has 0 saturated heterocycles. The summed E-state index contributed by atoms with van der Waals surface area (Å²) in [6.07, 6.45) is 3.07. The molecule has 1 aliphatic carbocycles. The Morgan fingerprint density at radius 2 is 1.89 bits per heavy atom. The van der Waals surface area contributed by atoms with Gasteiger partial charge in [-0.25, -0.2) is 4.79 Å². The van der Waals surface area contributed by atoms with Gasteiger partial charge < -0.3 is 14.0 Å². The van der Waals surface area contributed by atoms with Gasteiger partial charge in [0.25, 0.3) is 5.89 Å². The number of nitrogens with zero attached hydrogens (tertiary/aromatic N) is 4. The average molecular weight is 481 g/mol. The predicted octanol–water partition coefficient (Wildman–Crippen LogP) is 5.47. The average Bonchev–Trinajstić information content (AvgIpc) is 3.35. The Kier molecular flexibility index (Phi) is 6.51. The number of benzene rings is 1. The highest BCUT2D eigenvalue weighted by Gasteiger charge is 2.32. The highest BCUT2D eigenvalue weighted by molar-refractivity contribution is 5.72. The van der Waals surface area contributed by atoms with Gasteiger partial charge in [0, 0.05) is 23.4 Å². The lowest BCUT2D eigenvalue weighted by molar-refractivity contribution is -0.157. The van der Waals surface area contributed by atoms with Gasteiger partial charge in [-0.2, -0.15) is 10.1 Å². The maximum Gasteiger partial charge on any atom is 0.344 e. The second-order valence-corrected chi connectivity index (χ2v) is 11.2. The van der Waals surface area contributed by atoms with Gasteiger partial charge in [-0.3, -0.25) is 4.68 Å². The molecule has 0 aliphatic heterocycles. The minimum absolute atomic E-state index is 0.148. The molecule has 1 aliphatic rings. The number of fused-ring (bicyclic) bond motifs is 1. The summed E-state index contributed by atoms with van der Waals surface area (Å²) in [6.45, 7) is 16.7. The second kappa shape index (κ2) is 9.13. The minimum atomic E-state index is -0.549. The number of carbonyl (C=O) groups is 1. The van der Waals surface area contributed by atoms with Gasteiger partial charge in [0.15, 0.2) is 6.61 Å². The van der Waals surface area contributed by atoms with Crippen LogP contribution in [0, 0.1) is 19.3 Å². The highest BCUT2D eigenvalue weighted by Crippen LogP contribution is 2.39. The van der Waals surface area contributed by atoms with Crippen molar-refractivity contribution in [3.05, 3.63) is 34.5 Å². The van der Waals surface area contributed by atoms with E-state index in [2.05, 4.69) is 30.6 Å². The van der Waals surface area contributed by atoms with Gasteiger partial charge in [0.2, 0.25) is 5.82 Å². The maximum absolute atomic E-state index is 12.1. The fraction of sp³-hybridized carbons (Fsp3) is 0.556. The van der Waals surface area contributed by atoms with E-state index in [-0.39, 0.29) is 12.0 Å². The molecular formula is C27H36N4O4. The summed E-state index contributed by atoms with van der Waals surface area (Å²) in [5.41, 5.74) is 5.59. The van der Waals surface area contributed by atoms with Gasteiger partial charge in [0.1, 0.15) is 17.0 Å². The Morgan fingerprint density at radius 3 is 2.51 bits per heavy atom. The van der Waals surface area contributed by atoms with Crippen molar-refractivity contribution in [3.63, 3.8) is 0 Å². The Hall–Kier alpha value is -3.16. The molecular weight excluding hydrogens is 444 g/mol. The summed E-state index contributed by atoms with van der Waals surface area (Å²) >= 11 is 0. The molecule has 0 spiro atoms. The van der Waals surface area contributed by atoms with Crippen LogP contribution in [0.3, 0.4) is 0 Å². The first-order chi connectivity index (χ1) is 16.4. The van der Waals surface area contributed by atoms with Crippen LogP contribution >= 0.6 is 0 Å². The molecule has 0 amide bonds. The molecule has 1 aromatic carbocycles. The number of esters is 1. The van der Waals surface area contributed by atoms with Crippen molar-refractivity contribution in [2.75, 3.05) is 6.61 Å². The summed E-state index contributed by atoms with van der Waals surface area (Å²) < 4.78 is 18.8. The van der Waals surface area contributed by atoms with Gasteiger partial charge in [-0.15, -0.1) is 0 Å². The smallest absolute Gasteiger partial charge is 0.344 e. The van der Waals surface area contributed by atoms with Crippen LogP contribution < -0.4 is 4.74 Å². The SMILES string of the molecule is CCn1nc(-c2noc(-c3cc(C)c(OCC(=O)OC(C)(C)C)c(C)c3)n2)c2c1CC(C)(C)CC2. The molecule has 2 heterocycles. The molecule has 0 saturated carbocycles. The fourth-order valence-corrected chi connectivity index (χ4v) is 4.68. The van der Waals surface area contributed by atoms with Crippen LogP contribution in [0.1, 0.15) is 70.3 Å². The molecule has 4 rings (SSSR count). The third-order valence-corrected chi connectivity index (χ3v) is 6.26. The molecule has 0 radical (unpaired) electrons. The standard InChI is InChI=1S/C27H36N4O4/c1-9-31-20-14-27(7,8)11-10-19(20)22(29-31)24-28-25(35-30-24)18-12-16(2)23(17(3)13-18)33-15-21(32)34-26(4,5)6/h12-13H,9-11,14-15H2,1-8H3. The first kappa shape index (κ1) is 24.9. The van der Waals surface area contributed by atoms with Crippen molar-refractivity contribution in [2.45, 2.75) is 86.8 Å². The number of carbonyl (C=O) groups excluding carboxylic acids is 1. The van der Waals surface area contributed by atoms with E-state index in [9.17, 15) is 4.79 Å². The Labute approximate surface area is 207 Å². The van der Waals surface area contributed by atoms with E-state index >= 15 is 0 Å². The molecule has 8 heteroatoms. The van der Waals surface area contributed by atoms with Crippen LogP contribution in [0.5, 0.6) is 5.75 Å². The zero-order chi connectivity index (χ0) is 25.5. The maximum atomic E-state index is 12.1. The summed E-state index contributed by atoms with van der Waals surface area (Å²) in [6, 6.07) is 3.86. The van der Waals surface area contributed by atoms with E-state index in [1.165, 1.54) is 11.3 Å². The molecule has 0 fully saturated rings. The van der Waals surface area contributed by atoms with Crippen LogP contribution in [0.15, 0.2) is 16.7 Å². The van der Waals surface area contributed by atoms with Crippen LogP contribution in [0.2, 0.25) is 0 Å². The van der Waals surface area contributed by atoms with E-state index in [4.69, 9.17) is 24.1 Å². The Morgan fingerprint density at radius 1 is 1.20 bits per heavy atom. The van der Waals surface area contributed by atoms with Crippen molar-refractivity contribution in [2.24, 2.45) is 5.41 Å². The molecule has 0 atom stereocenters. The summed E-state index contributed by atoms with van der Waals surface area (Å²) in [7, 11) is 0. The van der Waals surface area contributed by atoms with Crippen LogP contribution in [-0.4, -0.2) is 38.1 Å². The van der Waals surface area contributed by atoms with Gasteiger partial charge in [-0.05, 0) is 89.5 Å². The lowest BCUT2D eigenvalue weighted by Crippen LogP contribution is -2.27. The highest BCUT2D eigenvalue weighted by atomic mass is 16.6. The number of aromatic nitrogens is 4. The monoisotopic (exact) mass is 480 g/mol. The molecule has 35 heavy (non-hydrogen) atoms. The summed E-state index contributed by atoms with van der Waals surface area (Å²) in [4.78, 5) is 16.8. The van der Waals surface area contributed by atoms with Crippen LogP contribution in [-0.2, 0) is 28.9 Å². The van der Waals surface area contributed by atoms with Gasteiger partial charge >= 0.3 is 5.97 Å². The number of aryl methyl sites for hydroxylation is 3. The third-order valence-electron chi connectivity index (χ3n) is 6.26. The summed E-state index contributed by atoms with van der Waals surface area (Å²) in [5, 5.41) is 9.11.